The van der Waals surface area contributed by atoms with E-state index >= 15 is 0 Å². The van der Waals surface area contributed by atoms with Gasteiger partial charge in [-0.1, -0.05) is 20.8 Å². The van der Waals surface area contributed by atoms with Gasteiger partial charge in [-0.3, -0.25) is 14.5 Å². The van der Waals surface area contributed by atoms with Gasteiger partial charge in [0.15, 0.2) is 0 Å². The Bertz CT molecular complexity index is 301. The molecule has 1 heterocycles. The minimum absolute atomic E-state index is 0.0377. The number of ether oxygens (including phenoxy) is 1. The summed E-state index contributed by atoms with van der Waals surface area (Å²) < 4.78 is 5.67. The highest BCUT2D eigenvalue weighted by molar-refractivity contribution is 5.82. The fourth-order valence-electron chi connectivity index (χ4n) is 2.03. The van der Waals surface area contributed by atoms with Gasteiger partial charge in [-0.25, -0.2) is 0 Å². The molecule has 1 fully saturated rings. The van der Waals surface area contributed by atoms with E-state index in [4.69, 9.17) is 4.74 Å². The molecule has 0 saturated carbocycles. The van der Waals surface area contributed by atoms with Gasteiger partial charge >= 0.3 is 0 Å². The molecule has 1 rings (SSSR count). The van der Waals surface area contributed by atoms with Crippen molar-refractivity contribution in [3.8, 4) is 0 Å². The van der Waals surface area contributed by atoms with Crippen LogP contribution in [0.2, 0.25) is 0 Å². The van der Waals surface area contributed by atoms with E-state index in [0.717, 1.165) is 19.5 Å². The first kappa shape index (κ1) is 15.3. The summed E-state index contributed by atoms with van der Waals surface area (Å²) in [4.78, 5) is 25.1. The van der Waals surface area contributed by atoms with Crippen LogP contribution < -0.4 is 0 Å². The van der Waals surface area contributed by atoms with Crippen molar-refractivity contribution < 1.29 is 14.3 Å². The third-order valence-corrected chi connectivity index (χ3v) is 3.56. The molecule has 0 N–H and O–H groups in total. The van der Waals surface area contributed by atoms with Gasteiger partial charge in [-0.05, 0) is 13.3 Å². The molecule has 0 aromatic carbocycles. The lowest BCUT2D eigenvalue weighted by atomic mass is 9.98. The second-order valence-electron chi connectivity index (χ2n) is 5.60. The summed E-state index contributed by atoms with van der Waals surface area (Å²) in [6.07, 6.45) is 0.833. The second-order valence-corrected chi connectivity index (χ2v) is 5.60. The first-order valence-electron chi connectivity index (χ1n) is 6.77. The van der Waals surface area contributed by atoms with Gasteiger partial charge in [0.05, 0.1) is 19.3 Å². The fraction of sp³-hybridized carbons (Fsp3) is 0.857. The Morgan fingerprint density at radius 3 is 2.56 bits per heavy atom. The Morgan fingerprint density at radius 2 is 2.00 bits per heavy atom. The van der Waals surface area contributed by atoms with Crippen LogP contribution in [0.1, 0.15) is 34.1 Å². The molecule has 0 spiro atoms. The molecule has 0 bridgehead atoms. The number of nitrogens with zero attached hydrogens (tertiary/aromatic N) is 1. The van der Waals surface area contributed by atoms with E-state index < -0.39 is 0 Å². The Kier molecular flexibility index (Phi) is 5.96. The SMILES string of the molecule is CC(=O)C(C)CC1CN(CC(=O)C(C)C)CCO1. The Labute approximate surface area is 110 Å². The average molecular weight is 255 g/mol. The van der Waals surface area contributed by atoms with E-state index in [-0.39, 0.29) is 29.5 Å². The standard InChI is InChI=1S/C14H25NO3/c1-10(2)14(17)9-15-5-6-18-13(8-15)7-11(3)12(4)16/h10-11,13H,5-9H2,1-4H3. The van der Waals surface area contributed by atoms with Gasteiger partial charge in [-0.15, -0.1) is 0 Å². The number of rotatable bonds is 6. The van der Waals surface area contributed by atoms with Crippen LogP contribution in [0.5, 0.6) is 0 Å². The minimum atomic E-state index is 0.0377. The molecule has 18 heavy (non-hydrogen) atoms. The van der Waals surface area contributed by atoms with Crippen LogP contribution in [0.3, 0.4) is 0 Å². The van der Waals surface area contributed by atoms with E-state index in [2.05, 4.69) is 4.90 Å². The van der Waals surface area contributed by atoms with Crippen molar-refractivity contribution in [1.29, 1.82) is 0 Å². The lowest BCUT2D eigenvalue weighted by Gasteiger charge is -2.33. The van der Waals surface area contributed by atoms with Crippen molar-refractivity contribution in [2.75, 3.05) is 26.2 Å². The zero-order valence-electron chi connectivity index (χ0n) is 11.9. The van der Waals surface area contributed by atoms with Crippen molar-refractivity contribution in [3.63, 3.8) is 0 Å². The summed E-state index contributed by atoms with van der Waals surface area (Å²) in [6, 6.07) is 0. The molecule has 0 aromatic rings. The number of Topliss-reactive ketones (excluding diaryl/α,β-unsaturated/α-hetero) is 2. The van der Waals surface area contributed by atoms with Crippen LogP contribution in [0.4, 0.5) is 0 Å². The monoisotopic (exact) mass is 255 g/mol. The van der Waals surface area contributed by atoms with Gasteiger partial charge < -0.3 is 4.74 Å². The molecule has 1 aliphatic rings. The maximum atomic E-state index is 11.7. The van der Waals surface area contributed by atoms with Crippen LogP contribution in [0.15, 0.2) is 0 Å². The molecule has 2 unspecified atom stereocenters. The zero-order chi connectivity index (χ0) is 13.7. The Morgan fingerprint density at radius 1 is 1.33 bits per heavy atom. The molecular formula is C14H25NO3. The van der Waals surface area contributed by atoms with E-state index in [9.17, 15) is 9.59 Å². The molecule has 0 aromatic heterocycles. The summed E-state index contributed by atoms with van der Waals surface area (Å²) in [6.45, 7) is 10.1. The number of hydrogen-bond acceptors (Lipinski definition) is 4. The van der Waals surface area contributed by atoms with E-state index in [1.54, 1.807) is 6.92 Å². The van der Waals surface area contributed by atoms with Gasteiger partial charge in [0, 0.05) is 24.9 Å². The molecule has 1 saturated heterocycles. The number of carbonyl (C=O) groups excluding carboxylic acids is 2. The average Bonchev–Trinajstić information content (AvgIpc) is 2.29. The summed E-state index contributed by atoms with van der Waals surface area (Å²) in [5.41, 5.74) is 0. The maximum absolute atomic E-state index is 11.7. The normalized spacial score (nSPS) is 23.1. The predicted octanol–water partition coefficient (Wildman–Crippen LogP) is 1.53. The first-order chi connectivity index (χ1) is 8.40. The summed E-state index contributed by atoms with van der Waals surface area (Å²) in [5, 5.41) is 0. The van der Waals surface area contributed by atoms with E-state index in [1.807, 2.05) is 20.8 Å². The molecule has 0 amide bonds. The molecule has 104 valence electrons. The highest BCUT2D eigenvalue weighted by atomic mass is 16.5. The third-order valence-electron chi connectivity index (χ3n) is 3.56. The molecule has 0 radical (unpaired) electrons. The van der Waals surface area contributed by atoms with Gasteiger partial charge in [0.1, 0.15) is 11.6 Å². The van der Waals surface area contributed by atoms with E-state index in [1.165, 1.54) is 0 Å². The topological polar surface area (TPSA) is 46.6 Å². The van der Waals surface area contributed by atoms with Crippen LogP contribution in [-0.2, 0) is 14.3 Å². The molecular weight excluding hydrogens is 230 g/mol. The first-order valence-corrected chi connectivity index (χ1v) is 6.77. The maximum Gasteiger partial charge on any atom is 0.149 e. The van der Waals surface area contributed by atoms with E-state index in [0.29, 0.717) is 13.2 Å². The number of morpholine rings is 1. The number of carbonyl (C=O) groups is 2. The molecule has 0 aliphatic carbocycles. The summed E-state index contributed by atoms with van der Waals surface area (Å²) in [7, 11) is 0. The molecule has 1 aliphatic heterocycles. The summed E-state index contributed by atoms with van der Waals surface area (Å²) in [5.74, 6) is 0.599. The van der Waals surface area contributed by atoms with Crippen LogP contribution in [-0.4, -0.2) is 48.8 Å². The largest absolute Gasteiger partial charge is 0.376 e. The van der Waals surface area contributed by atoms with Gasteiger partial charge in [0.25, 0.3) is 0 Å². The van der Waals surface area contributed by atoms with Crippen molar-refractivity contribution in [1.82, 2.24) is 4.90 Å². The fourth-order valence-corrected chi connectivity index (χ4v) is 2.03. The zero-order valence-corrected chi connectivity index (χ0v) is 11.9. The summed E-state index contributed by atoms with van der Waals surface area (Å²) >= 11 is 0. The quantitative estimate of drug-likeness (QED) is 0.722. The molecule has 4 nitrogen and oxygen atoms in total. The highest BCUT2D eigenvalue weighted by Crippen LogP contribution is 2.15. The number of hydrogen-bond donors (Lipinski definition) is 0. The van der Waals surface area contributed by atoms with Crippen molar-refractivity contribution >= 4 is 11.6 Å². The van der Waals surface area contributed by atoms with Gasteiger partial charge in [-0.2, -0.15) is 0 Å². The van der Waals surface area contributed by atoms with Crippen molar-refractivity contribution in [3.05, 3.63) is 0 Å². The minimum Gasteiger partial charge on any atom is -0.376 e. The van der Waals surface area contributed by atoms with Crippen LogP contribution in [0.25, 0.3) is 0 Å². The predicted molar refractivity (Wildman–Crippen MR) is 70.5 cm³/mol. The smallest absolute Gasteiger partial charge is 0.149 e. The van der Waals surface area contributed by atoms with Crippen molar-refractivity contribution in [2.24, 2.45) is 11.8 Å². The van der Waals surface area contributed by atoms with Crippen LogP contribution >= 0.6 is 0 Å². The highest BCUT2D eigenvalue weighted by Gasteiger charge is 2.25. The van der Waals surface area contributed by atoms with Crippen LogP contribution in [0, 0.1) is 11.8 Å². The Balaban J connectivity index is 2.41. The lowest BCUT2D eigenvalue weighted by Crippen LogP contribution is -2.46. The number of ketones is 2. The van der Waals surface area contributed by atoms with Crippen molar-refractivity contribution in [2.45, 2.75) is 40.2 Å². The second kappa shape index (κ2) is 7.00. The lowest BCUT2D eigenvalue weighted by molar-refractivity contribution is -0.127. The Hall–Kier alpha value is -0.740. The molecule has 2 atom stereocenters. The third kappa shape index (κ3) is 4.86. The molecule has 4 heteroatoms. The van der Waals surface area contributed by atoms with Gasteiger partial charge in [0.2, 0.25) is 0 Å².